The molecule has 0 fully saturated rings. The zero-order valence-electron chi connectivity index (χ0n) is 9.68. The fraction of sp³-hybridized carbons (Fsp3) is 0.0714. The van der Waals surface area contributed by atoms with Gasteiger partial charge in [-0.05, 0) is 23.8 Å². The molecule has 2 aromatic heterocycles. The van der Waals surface area contributed by atoms with Crippen LogP contribution in [0.15, 0.2) is 48.8 Å². The third-order valence-corrected chi connectivity index (χ3v) is 3.24. The summed E-state index contributed by atoms with van der Waals surface area (Å²) in [5.74, 6) is 0.862. The first-order chi connectivity index (χ1) is 8.79. The van der Waals surface area contributed by atoms with E-state index in [4.69, 9.17) is 17.3 Å². The fourth-order valence-corrected chi connectivity index (χ4v) is 2.23. The number of hydrogen-bond acceptors (Lipinski definition) is 2. The molecule has 0 unspecified atom stereocenters. The molecular formula is C14H12ClN3. The van der Waals surface area contributed by atoms with Gasteiger partial charge in [-0.25, -0.2) is 4.98 Å². The van der Waals surface area contributed by atoms with Crippen LogP contribution in [0.4, 0.5) is 0 Å². The number of rotatable bonds is 2. The summed E-state index contributed by atoms with van der Waals surface area (Å²) in [5, 5.41) is 0.738. The highest BCUT2D eigenvalue weighted by molar-refractivity contribution is 6.30. The van der Waals surface area contributed by atoms with Crippen molar-refractivity contribution in [1.29, 1.82) is 0 Å². The van der Waals surface area contributed by atoms with Gasteiger partial charge in [0.25, 0.3) is 0 Å². The summed E-state index contributed by atoms with van der Waals surface area (Å²) in [4.78, 5) is 4.33. The van der Waals surface area contributed by atoms with Gasteiger partial charge < -0.3 is 10.1 Å². The second-order valence-electron chi connectivity index (χ2n) is 4.06. The number of imidazole rings is 1. The third-order valence-electron chi connectivity index (χ3n) is 2.99. The molecule has 18 heavy (non-hydrogen) atoms. The lowest BCUT2D eigenvalue weighted by Gasteiger charge is -2.05. The molecule has 0 aliphatic rings. The molecule has 0 radical (unpaired) electrons. The lowest BCUT2D eigenvalue weighted by molar-refractivity contribution is 0.904. The Balaban J connectivity index is 2.23. The van der Waals surface area contributed by atoms with E-state index in [1.165, 1.54) is 0 Å². The van der Waals surface area contributed by atoms with Crippen molar-refractivity contribution in [2.24, 2.45) is 5.73 Å². The topological polar surface area (TPSA) is 43.3 Å². The molecule has 0 atom stereocenters. The van der Waals surface area contributed by atoms with Gasteiger partial charge in [0.2, 0.25) is 0 Å². The van der Waals surface area contributed by atoms with Gasteiger partial charge in [-0.3, -0.25) is 0 Å². The van der Waals surface area contributed by atoms with Crippen LogP contribution in [-0.2, 0) is 6.54 Å². The zero-order valence-corrected chi connectivity index (χ0v) is 10.4. The van der Waals surface area contributed by atoms with Crippen molar-refractivity contribution in [2.75, 3.05) is 0 Å². The minimum atomic E-state index is 0.429. The molecular weight excluding hydrogens is 246 g/mol. The van der Waals surface area contributed by atoms with Crippen LogP contribution in [0.2, 0.25) is 5.02 Å². The Bertz CT molecular complexity index is 686. The highest BCUT2D eigenvalue weighted by Gasteiger charge is 2.07. The Kier molecular flexibility index (Phi) is 2.78. The van der Waals surface area contributed by atoms with Gasteiger partial charge in [0.05, 0.1) is 18.3 Å². The molecule has 0 spiro atoms. The summed E-state index contributed by atoms with van der Waals surface area (Å²) >= 11 is 5.91. The van der Waals surface area contributed by atoms with Crippen LogP contribution in [0, 0.1) is 0 Å². The molecule has 3 aromatic rings. The Morgan fingerprint density at radius 2 is 1.94 bits per heavy atom. The van der Waals surface area contributed by atoms with Crippen molar-refractivity contribution < 1.29 is 0 Å². The summed E-state index contributed by atoms with van der Waals surface area (Å²) in [5.41, 5.74) is 8.97. The maximum Gasteiger partial charge on any atom is 0.127 e. The van der Waals surface area contributed by atoms with Gasteiger partial charge in [-0.15, -0.1) is 0 Å². The molecule has 90 valence electrons. The van der Waals surface area contributed by atoms with E-state index in [0.717, 1.165) is 27.5 Å². The third kappa shape index (κ3) is 1.78. The maximum absolute atomic E-state index is 5.91. The Labute approximate surface area is 110 Å². The first kappa shape index (κ1) is 11.3. The van der Waals surface area contributed by atoms with Crippen LogP contribution in [0.1, 0.15) is 5.82 Å². The number of fused-ring (bicyclic) bond motifs is 1. The SMILES string of the molecule is NCc1ncc2c(-c3ccc(Cl)cc3)cccn12. The van der Waals surface area contributed by atoms with Crippen molar-refractivity contribution in [3.05, 3.63) is 59.6 Å². The van der Waals surface area contributed by atoms with Gasteiger partial charge in [-0.2, -0.15) is 0 Å². The maximum atomic E-state index is 5.91. The molecule has 0 bridgehead atoms. The van der Waals surface area contributed by atoms with Gasteiger partial charge in [0.15, 0.2) is 0 Å². The second kappa shape index (κ2) is 4.44. The molecule has 0 aliphatic carbocycles. The largest absolute Gasteiger partial charge is 0.324 e. The number of aromatic nitrogens is 2. The van der Waals surface area contributed by atoms with E-state index in [1.54, 1.807) is 0 Å². The second-order valence-corrected chi connectivity index (χ2v) is 4.50. The predicted molar refractivity (Wildman–Crippen MR) is 73.5 cm³/mol. The summed E-state index contributed by atoms with van der Waals surface area (Å²) in [6.07, 6.45) is 3.83. The standard InChI is InChI=1S/C14H12ClN3/c15-11-5-3-10(4-6-11)12-2-1-7-18-13(12)9-17-14(18)8-16/h1-7,9H,8,16H2. The average Bonchev–Trinajstić information content (AvgIpc) is 2.82. The van der Waals surface area contributed by atoms with E-state index < -0.39 is 0 Å². The number of halogens is 1. The van der Waals surface area contributed by atoms with Crippen molar-refractivity contribution in [3.8, 4) is 11.1 Å². The van der Waals surface area contributed by atoms with Crippen LogP contribution in [0.25, 0.3) is 16.6 Å². The monoisotopic (exact) mass is 257 g/mol. The normalized spacial score (nSPS) is 11.0. The van der Waals surface area contributed by atoms with Crippen LogP contribution < -0.4 is 5.73 Å². The highest BCUT2D eigenvalue weighted by Crippen LogP contribution is 2.26. The molecule has 4 heteroatoms. The molecule has 0 aliphatic heterocycles. The van der Waals surface area contributed by atoms with Crippen LogP contribution in [0.5, 0.6) is 0 Å². The number of nitrogens with zero attached hydrogens (tertiary/aromatic N) is 2. The summed E-state index contributed by atoms with van der Waals surface area (Å²) in [6, 6.07) is 11.9. The molecule has 3 rings (SSSR count). The smallest absolute Gasteiger partial charge is 0.127 e. The quantitative estimate of drug-likeness (QED) is 0.767. The van der Waals surface area contributed by atoms with E-state index >= 15 is 0 Å². The van der Waals surface area contributed by atoms with E-state index in [0.29, 0.717) is 6.54 Å². The Morgan fingerprint density at radius 1 is 1.17 bits per heavy atom. The van der Waals surface area contributed by atoms with E-state index in [1.807, 2.05) is 47.1 Å². The Hall–Kier alpha value is -1.84. The zero-order chi connectivity index (χ0) is 12.5. The molecule has 1 aromatic carbocycles. The van der Waals surface area contributed by atoms with Crippen LogP contribution in [-0.4, -0.2) is 9.38 Å². The molecule has 0 saturated heterocycles. The summed E-state index contributed by atoms with van der Waals surface area (Å²) < 4.78 is 2.02. The van der Waals surface area contributed by atoms with E-state index in [-0.39, 0.29) is 0 Å². The molecule has 2 heterocycles. The fourth-order valence-electron chi connectivity index (χ4n) is 2.10. The minimum absolute atomic E-state index is 0.429. The van der Waals surface area contributed by atoms with Gasteiger partial charge in [-0.1, -0.05) is 29.8 Å². The minimum Gasteiger partial charge on any atom is -0.324 e. The first-order valence-electron chi connectivity index (χ1n) is 5.70. The van der Waals surface area contributed by atoms with Gasteiger partial charge >= 0.3 is 0 Å². The average molecular weight is 258 g/mol. The number of benzene rings is 1. The van der Waals surface area contributed by atoms with E-state index in [2.05, 4.69) is 11.1 Å². The van der Waals surface area contributed by atoms with Crippen molar-refractivity contribution >= 4 is 17.1 Å². The highest BCUT2D eigenvalue weighted by atomic mass is 35.5. The van der Waals surface area contributed by atoms with Crippen LogP contribution >= 0.6 is 11.6 Å². The summed E-state index contributed by atoms with van der Waals surface area (Å²) in [7, 11) is 0. The number of pyridine rings is 1. The molecule has 0 amide bonds. The molecule has 0 saturated carbocycles. The summed E-state index contributed by atoms with van der Waals surface area (Å²) in [6.45, 7) is 0.429. The number of nitrogens with two attached hydrogens (primary N) is 1. The lowest BCUT2D eigenvalue weighted by Crippen LogP contribution is -2.02. The van der Waals surface area contributed by atoms with E-state index in [9.17, 15) is 0 Å². The van der Waals surface area contributed by atoms with Crippen molar-refractivity contribution in [2.45, 2.75) is 6.54 Å². The lowest BCUT2D eigenvalue weighted by atomic mass is 10.1. The van der Waals surface area contributed by atoms with Crippen LogP contribution in [0.3, 0.4) is 0 Å². The van der Waals surface area contributed by atoms with Gasteiger partial charge in [0.1, 0.15) is 5.82 Å². The Morgan fingerprint density at radius 3 is 2.67 bits per heavy atom. The van der Waals surface area contributed by atoms with Crippen molar-refractivity contribution in [1.82, 2.24) is 9.38 Å². The van der Waals surface area contributed by atoms with Crippen molar-refractivity contribution in [3.63, 3.8) is 0 Å². The predicted octanol–water partition coefficient (Wildman–Crippen LogP) is 3.11. The van der Waals surface area contributed by atoms with Gasteiger partial charge in [0, 0.05) is 16.8 Å². The molecule has 2 N–H and O–H groups in total. The molecule has 3 nitrogen and oxygen atoms in total. The first-order valence-corrected chi connectivity index (χ1v) is 6.08. The number of hydrogen-bond donors (Lipinski definition) is 1.